The van der Waals surface area contributed by atoms with Crippen LogP contribution < -0.4 is 10.6 Å². The summed E-state index contributed by atoms with van der Waals surface area (Å²) in [5.41, 5.74) is 2.98. The van der Waals surface area contributed by atoms with Gasteiger partial charge in [-0.05, 0) is 23.8 Å². The molecule has 2 N–H and O–H groups in total. The number of aromatic nitrogens is 2. The Labute approximate surface area is 115 Å². The summed E-state index contributed by atoms with van der Waals surface area (Å²) in [5.74, 6) is -0.217. The average Bonchev–Trinajstić information content (AvgIpc) is 2.99. The van der Waals surface area contributed by atoms with Gasteiger partial charge < -0.3 is 10.6 Å². The van der Waals surface area contributed by atoms with Crippen molar-refractivity contribution in [1.29, 1.82) is 0 Å². The lowest BCUT2D eigenvalue weighted by molar-refractivity contribution is -0.115. The van der Waals surface area contributed by atoms with E-state index < -0.39 is 0 Å². The number of carbonyl (C=O) groups is 2. The Bertz CT molecular complexity index is 690. The van der Waals surface area contributed by atoms with Gasteiger partial charge in [-0.15, -0.1) is 0 Å². The molecule has 0 spiro atoms. The van der Waals surface area contributed by atoms with Crippen LogP contribution in [0.3, 0.4) is 0 Å². The van der Waals surface area contributed by atoms with Crippen LogP contribution in [0.25, 0.3) is 0 Å². The molecule has 0 bridgehead atoms. The number of nitrogens with one attached hydrogen (secondary N) is 2. The summed E-state index contributed by atoms with van der Waals surface area (Å²) in [5, 5.41) is 9.73. The molecule has 20 heavy (non-hydrogen) atoms. The summed E-state index contributed by atoms with van der Waals surface area (Å²) in [7, 11) is 1.83. The van der Waals surface area contributed by atoms with E-state index in [4.69, 9.17) is 0 Å². The Morgan fingerprint density at radius 2 is 2.30 bits per heavy atom. The topological polar surface area (TPSA) is 76.0 Å². The van der Waals surface area contributed by atoms with E-state index in [1.54, 1.807) is 16.8 Å². The van der Waals surface area contributed by atoms with E-state index >= 15 is 0 Å². The lowest BCUT2D eigenvalue weighted by Gasteiger charge is -2.05. The third-order valence-corrected chi connectivity index (χ3v) is 3.20. The van der Waals surface area contributed by atoms with Crippen molar-refractivity contribution in [2.24, 2.45) is 7.05 Å². The van der Waals surface area contributed by atoms with Gasteiger partial charge in [-0.2, -0.15) is 5.10 Å². The number of nitrogens with zero attached hydrogens (tertiary/aromatic N) is 2. The van der Waals surface area contributed by atoms with Gasteiger partial charge >= 0.3 is 0 Å². The molecular weight excluding hydrogens is 256 g/mol. The molecule has 2 amide bonds. The molecule has 0 radical (unpaired) electrons. The van der Waals surface area contributed by atoms with Gasteiger partial charge in [0, 0.05) is 24.5 Å². The molecule has 2 heterocycles. The zero-order chi connectivity index (χ0) is 14.1. The predicted octanol–water partition coefficient (Wildman–Crippen LogP) is 0.845. The highest BCUT2D eigenvalue weighted by Gasteiger charge is 2.18. The molecule has 1 aromatic heterocycles. The lowest BCUT2D eigenvalue weighted by Crippen LogP contribution is -2.23. The highest BCUT2D eigenvalue weighted by atomic mass is 16.2. The smallest absolute Gasteiger partial charge is 0.251 e. The summed E-state index contributed by atoms with van der Waals surface area (Å²) in [6.45, 7) is 0.378. The van der Waals surface area contributed by atoms with Crippen molar-refractivity contribution in [2.75, 3.05) is 5.32 Å². The van der Waals surface area contributed by atoms with E-state index in [1.807, 2.05) is 25.4 Å². The van der Waals surface area contributed by atoms with E-state index in [0.29, 0.717) is 18.5 Å². The van der Waals surface area contributed by atoms with Crippen LogP contribution in [-0.2, 0) is 24.8 Å². The fourth-order valence-corrected chi connectivity index (χ4v) is 2.19. The van der Waals surface area contributed by atoms with E-state index in [0.717, 1.165) is 16.9 Å². The first-order valence-corrected chi connectivity index (χ1v) is 6.31. The first-order valence-electron chi connectivity index (χ1n) is 6.31. The molecule has 1 aliphatic rings. The SMILES string of the molecule is Cn1ccc(CNC(=O)c2ccc3c(c2)NC(=O)C3)n1. The fourth-order valence-electron chi connectivity index (χ4n) is 2.19. The molecule has 6 heteroatoms. The van der Waals surface area contributed by atoms with Crippen LogP contribution in [0.4, 0.5) is 5.69 Å². The molecule has 1 aromatic carbocycles. The largest absolute Gasteiger partial charge is 0.346 e. The number of benzene rings is 1. The maximum Gasteiger partial charge on any atom is 0.251 e. The monoisotopic (exact) mass is 270 g/mol. The van der Waals surface area contributed by atoms with E-state index in [-0.39, 0.29) is 11.8 Å². The van der Waals surface area contributed by atoms with Crippen molar-refractivity contribution >= 4 is 17.5 Å². The van der Waals surface area contributed by atoms with E-state index in [2.05, 4.69) is 15.7 Å². The second kappa shape index (κ2) is 4.80. The Kier molecular flexibility index (Phi) is 2.98. The summed E-state index contributed by atoms with van der Waals surface area (Å²) >= 11 is 0. The molecule has 0 atom stereocenters. The van der Waals surface area contributed by atoms with Crippen LogP contribution in [0.1, 0.15) is 21.6 Å². The molecule has 0 unspecified atom stereocenters. The van der Waals surface area contributed by atoms with Crippen LogP contribution in [-0.4, -0.2) is 21.6 Å². The van der Waals surface area contributed by atoms with Crippen molar-refractivity contribution in [3.63, 3.8) is 0 Å². The van der Waals surface area contributed by atoms with Gasteiger partial charge in [-0.25, -0.2) is 0 Å². The molecule has 2 aromatic rings. The maximum atomic E-state index is 12.0. The van der Waals surface area contributed by atoms with Gasteiger partial charge in [0.15, 0.2) is 0 Å². The van der Waals surface area contributed by atoms with Gasteiger partial charge in [-0.3, -0.25) is 14.3 Å². The van der Waals surface area contributed by atoms with Crippen LogP contribution in [0.15, 0.2) is 30.5 Å². The van der Waals surface area contributed by atoms with Gasteiger partial charge in [-0.1, -0.05) is 6.07 Å². The number of fused-ring (bicyclic) bond motifs is 1. The zero-order valence-corrected chi connectivity index (χ0v) is 11.0. The zero-order valence-electron chi connectivity index (χ0n) is 11.0. The number of aryl methyl sites for hydroxylation is 1. The van der Waals surface area contributed by atoms with E-state index in [1.165, 1.54) is 0 Å². The Morgan fingerprint density at radius 3 is 3.05 bits per heavy atom. The first-order chi connectivity index (χ1) is 9.61. The quantitative estimate of drug-likeness (QED) is 0.868. The molecule has 0 aliphatic carbocycles. The van der Waals surface area contributed by atoms with Crippen molar-refractivity contribution < 1.29 is 9.59 Å². The van der Waals surface area contributed by atoms with Crippen molar-refractivity contribution in [1.82, 2.24) is 15.1 Å². The molecule has 3 rings (SSSR count). The summed E-state index contributed by atoms with van der Waals surface area (Å²) < 4.78 is 1.69. The Hall–Kier alpha value is -2.63. The normalized spacial score (nSPS) is 12.9. The second-order valence-corrected chi connectivity index (χ2v) is 4.76. The molecule has 0 saturated carbocycles. The standard InChI is InChI=1S/C14H14N4O2/c1-18-5-4-11(17-18)8-15-14(20)10-3-2-9-7-13(19)16-12(9)6-10/h2-6H,7-8H2,1H3,(H,15,20)(H,16,19). The number of hydrogen-bond acceptors (Lipinski definition) is 3. The number of rotatable bonds is 3. The minimum Gasteiger partial charge on any atom is -0.346 e. The highest BCUT2D eigenvalue weighted by molar-refractivity contribution is 6.02. The van der Waals surface area contributed by atoms with Crippen molar-refractivity contribution in [2.45, 2.75) is 13.0 Å². The minimum absolute atomic E-state index is 0.0361. The van der Waals surface area contributed by atoms with Gasteiger partial charge in [0.2, 0.25) is 5.91 Å². The van der Waals surface area contributed by atoms with Crippen molar-refractivity contribution in [3.8, 4) is 0 Å². The molecule has 1 aliphatic heterocycles. The highest BCUT2D eigenvalue weighted by Crippen LogP contribution is 2.23. The third-order valence-electron chi connectivity index (χ3n) is 3.20. The summed E-state index contributed by atoms with van der Waals surface area (Å²) in [6.07, 6.45) is 2.21. The first kappa shape index (κ1) is 12.4. The average molecular weight is 270 g/mol. The molecular formula is C14H14N4O2. The lowest BCUT2D eigenvalue weighted by atomic mass is 10.1. The van der Waals surface area contributed by atoms with E-state index in [9.17, 15) is 9.59 Å². The number of hydrogen-bond donors (Lipinski definition) is 2. The maximum absolute atomic E-state index is 12.0. The summed E-state index contributed by atoms with van der Waals surface area (Å²) in [4.78, 5) is 23.3. The van der Waals surface area contributed by atoms with Gasteiger partial charge in [0.25, 0.3) is 5.91 Å². The minimum atomic E-state index is -0.181. The van der Waals surface area contributed by atoms with Crippen LogP contribution >= 0.6 is 0 Å². The Balaban J connectivity index is 1.69. The predicted molar refractivity (Wildman–Crippen MR) is 73.2 cm³/mol. The number of amides is 2. The second-order valence-electron chi connectivity index (χ2n) is 4.76. The molecule has 6 nitrogen and oxygen atoms in total. The molecule has 0 fully saturated rings. The summed E-state index contributed by atoms with van der Waals surface area (Å²) in [6, 6.07) is 7.09. The van der Waals surface area contributed by atoms with Gasteiger partial charge in [0.1, 0.15) is 0 Å². The number of anilines is 1. The van der Waals surface area contributed by atoms with Crippen LogP contribution in [0.2, 0.25) is 0 Å². The number of carbonyl (C=O) groups excluding carboxylic acids is 2. The van der Waals surface area contributed by atoms with Crippen LogP contribution in [0.5, 0.6) is 0 Å². The fraction of sp³-hybridized carbons (Fsp3) is 0.214. The Morgan fingerprint density at radius 1 is 1.45 bits per heavy atom. The molecule has 102 valence electrons. The molecule has 0 saturated heterocycles. The van der Waals surface area contributed by atoms with Gasteiger partial charge in [0.05, 0.1) is 18.7 Å². The third kappa shape index (κ3) is 2.40. The van der Waals surface area contributed by atoms with Crippen molar-refractivity contribution in [3.05, 3.63) is 47.3 Å². The van der Waals surface area contributed by atoms with Crippen LogP contribution in [0, 0.1) is 0 Å².